The number of nitrogens with zero attached hydrogens (tertiary/aromatic N) is 1. The number of hydrogen-bond donors (Lipinski definition) is 2. The van der Waals surface area contributed by atoms with Crippen molar-refractivity contribution < 1.29 is 4.79 Å². The minimum absolute atomic E-state index is 0.0582. The number of rotatable bonds is 3. The predicted molar refractivity (Wildman–Crippen MR) is 88.8 cm³/mol. The smallest absolute Gasteiger partial charge is 0.252 e. The van der Waals surface area contributed by atoms with E-state index in [0.29, 0.717) is 12.1 Å². The molecular weight excluding hydrogens is 274 g/mol. The van der Waals surface area contributed by atoms with Gasteiger partial charge in [0.25, 0.3) is 5.91 Å². The molecule has 0 saturated heterocycles. The van der Waals surface area contributed by atoms with Crippen LogP contribution in [0.25, 0.3) is 10.9 Å². The molecule has 1 heterocycles. The maximum Gasteiger partial charge on any atom is 0.252 e. The first-order valence-electron chi connectivity index (χ1n) is 8.01. The van der Waals surface area contributed by atoms with Gasteiger partial charge in [-0.1, -0.05) is 37.5 Å². The molecule has 1 aliphatic rings. The largest absolute Gasteiger partial charge is 0.350 e. The fourth-order valence-electron chi connectivity index (χ4n) is 3.28. The molecule has 1 fully saturated rings. The fourth-order valence-corrected chi connectivity index (χ4v) is 3.28. The zero-order valence-electron chi connectivity index (χ0n) is 13.1. The summed E-state index contributed by atoms with van der Waals surface area (Å²) in [6.45, 7) is 2.45. The molecule has 1 saturated carbocycles. The molecule has 0 bridgehead atoms. The van der Waals surface area contributed by atoms with Crippen molar-refractivity contribution in [3.05, 3.63) is 41.6 Å². The molecule has 1 amide bonds. The van der Waals surface area contributed by atoms with E-state index in [4.69, 9.17) is 5.73 Å². The highest BCUT2D eigenvalue weighted by atomic mass is 16.1. The predicted octanol–water partition coefficient (Wildman–Crippen LogP) is 2.93. The summed E-state index contributed by atoms with van der Waals surface area (Å²) in [5.41, 5.74) is 8.54. The second-order valence-electron chi connectivity index (χ2n) is 6.43. The Morgan fingerprint density at radius 3 is 2.77 bits per heavy atom. The summed E-state index contributed by atoms with van der Waals surface area (Å²) < 4.78 is 0. The van der Waals surface area contributed by atoms with Gasteiger partial charge in [0.05, 0.1) is 11.1 Å². The zero-order chi connectivity index (χ0) is 15.6. The van der Waals surface area contributed by atoms with Crippen molar-refractivity contribution in [1.82, 2.24) is 10.3 Å². The summed E-state index contributed by atoms with van der Waals surface area (Å²) in [6, 6.07) is 9.59. The summed E-state index contributed by atoms with van der Waals surface area (Å²) in [5, 5.41) is 3.93. The molecule has 0 aliphatic heterocycles. The lowest BCUT2D eigenvalue weighted by atomic mass is 9.82. The molecule has 4 nitrogen and oxygen atoms in total. The topological polar surface area (TPSA) is 68.0 Å². The fraction of sp³-hybridized carbons (Fsp3) is 0.444. The number of aryl methyl sites for hydroxylation is 1. The molecule has 4 heteroatoms. The first-order valence-corrected chi connectivity index (χ1v) is 8.01. The first kappa shape index (κ1) is 15.0. The molecular formula is C18H23N3O. The van der Waals surface area contributed by atoms with Crippen LogP contribution in [0.1, 0.15) is 48.2 Å². The van der Waals surface area contributed by atoms with E-state index < -0.39 is 0 Å². The van der Waals surface area contributed by atoms with Gasteiger partial charge in [-0.3, -0.25) is 9.78 Å². The number of carbonyl (C=O) groups excluding carboxylic acids is 1. The number of nitrogens with two attached hydrogens (primary N) is 1. The monoisotopic (exact) mass is 297 g/mol. The van der Waals surface area contributed by atoms with Crippen molar-refractivity contribution in [2.45, 2.75) is 44.6 Å². The maximum absolute atomic E-state index is 12.6. The van der Waals surface area contributed by atoms with Crippen molar-refractivity contribution in [3.8, 4) is 0 Å². The Morgan fingerprint density at radius 1 is 1.27 bits per heavy atom. The molecule has 1 aromatic heterocycles. The van der Waals surface area contributed by atoms with Crippen LogP contribution in [0.15, 0.2) is 30.3 Å². The average Bonchev–Trinajstić information content (AvgIpc) is 2.52. The van der Waals surface area contributed by atoms with Crippen LogP contribution in [0.4, 0.5) is 0 Å². The summed E-state index contributed by atoms with van der Waals surface area (Å²) >= 11 is 0. The minimum Gasteiger partial charge on any atom is -0.350 e. The Bertz CT molecular complexity index is 690. The number of nitrogens with one attached hydrogen (secondary N) is 1. The molecule has 3 rings (SSSR count). The van der Waals surface area contributed by atoms with E-state index in [-0.39, 0.29) is 11.4 Å². The van der Waals surface area contributed by atoms with Gasteiger partial charge in [0.2, 0.25) is 0 Å². The van der Waals surface area contributed by atoms with Crippen molar-refractivity contribution >= 4 is 16.8 Å². The molecule has 1 aromatic carbocycles. The number of pyridine rings is 1. The van der Waals surface area contributed by atoms with Crippen LogP contribution in [-0.2, 0) is 0 Å². The Balaban J connectivity index is 1.80. The standard InChI is InChI=1S/C18H23N3O/c1-13-11-15(14-7-3-4-8-16(14)21-13)17(22)20-12-18(19)9-5-2-6-10-18/h3-4,7-8,11H,2,5-6,9-10,12,19H2,1H3,(H,20,22). The lowest BCUT2D eigenvalue weighted by molar-refractivity contribution is 0.0939. The lowest BCUT2D eigenvalue weighted by Gasteiger charge is -2.33. The van der Waals surface area contributed by atoms with E-state index in [2.05, 4.69) is 10.3 Å². The molecule has 2 aromatic rings. The Hall–Kier alpha value is -1.94. The normalized spacial score (nSPS) is 17.4. The minimum atomic E-state index is -0.244. The molecule has 0 radical (unpaired) electrons. The second kappa shape index (κ2) is 6.05. The number of hydrogen-bond acceptors (Lipinski definition) is 3. The van der Waals surface area contributed by atoms with E-state index in [1.165, 1.54) is 6.42 Å². The van der Waals surface area contributed by atoms with Gasteiger partial charge in [-0.2, -0.15) is 0 Å². The third-order valence-electron chi connectivity index (χ3n) is 4.54. The zero-order valence-corrected chi connectivity index (χ0v) is 13.1. The summed E-state index contributed by atoms with van der Waals surface area (Å²) in [6.07, 6.45) is 5.54. The van der Waals surface area contributed by atoms with E-state index in [0.717, 1.165) is 42.3 Å². The van der Waals surface area contributed by atoms with Gasteiger partial charge in [-0.15, -0.1) is 0 Å². The van der Waals surface area contributed by atoms with E-state index in [1.807, 2.05) is 37.3 Å². The van der Waals surface area contributed by atoms with E-state index >= 15 is 0 Å². The quantitative estimate of drug-likeness (QED) is 0.915. The van der Waals surface area contributed by atoms with Crippen LogP contribution in [0.2, 0.25) is 0 Å². The summed E-state index contributed by atoms with van der Waals surface area (Å²) in [4.78, 5) is 17.1. The molecule has 0 spiro atoms. The van der Waals surface area contributed by atoms with Crippen LogP contribution in [0, 0.1) is 6.92 Å². The third-order valence-corrected chi connectivity index (χ3v) is 4.54. The van der Waals surface area contributed by atoms with Gasteiger partial charge in [0, 0.05) is 23.2 Å². The van der Waals surface area contributed by atoms with Crippen molar-refractivity contribution in [2.24, 2.45) is 5.73 Å². The molecule has 0 atom stereocenters. The summed E-state index contributed by atoms with van der Waals surface area (Å²) in [5.74, 6) is -0.0582. The number of carbonyl (C=O) groups is 1. The van der Waals surface area contributed by atoms with E-state index in [1.54, 1.807) is 0 Å². The van der Waals surface area contributed by atoms with Crippen molar-refractivity contribution in [1.29, 1.82) is 0 Å². The van der Waals surface area contributed by atoms with Crippen LogP contribution >= 0.6 is 0 Å². The number of para-hydroxylation sites is 1. The molecule has 0 unspecified atom stereocenters. The number of fused-ring (bicyclic) bond motifs is 1. The summed E-state index contributed by atoms with van der Waals surface area (Å²) in [7, 11) is 0. The molecule has 116 valence electrons. The van der Waals surface area contributed by atoms with Crippen LogP contribution in [-0.4, -0.2) is 23.0 Å². The highest BCUT2D eigenvalue weighted by Crippen LogP contribution is 2.25. The Kier molecular flexibility index (Phi) is 4.12. The maximum atomic E-state index is 12.6. The highest BCUT2D eigenvalue weighted by Gasteiger charge is 2.28. The molecule has 1 aliphatic carbocycles. The average molecular weight is 297 g/mol. The highest BCUT2D eigenvalue weighted by molar-refractivity contribution is 6.06. The van der Waals surface area contributed by atoms with E-state index in [9.17, 15) is 4.79 Å². The van der Waals surface area contributed by atoms with Gasteiger partial charge in [0.1, 0.15) is 0 Å². The van der Waals surface area contributed by atoms with Gasteiger partial charge < -0.3 is 11.1 Å². The lowest BCUT2D eigenvalue weighted by Crippen LogP contribution is -2.51. The number of amides is 1. The van der Waals surface area contributed by atoms with Crippen LogP contribution < -0.4 is 11.1 Å². The van der Waals surface area contributed by atoms with Crippen molar-refractivity contribution in [3.63, 3.8) is 0 Å². The first-order chi connectivity index (χ1) is 10.6. The van der Waals surface area contributed by atoms with Gasteiger partial charge in [-0.05, 0) is 31.9 Å². The number of aromatic nitrogens is 1. The Morgan fingerprint density at radius 2 is 2.00 bits per heavy atom. The second-order valence-corrected chi connectivity index (χ2v) is 6.43. The van der Waals surface area contributed by atoms with Gasteiger partial charge in [-0.25, -0.2) is 0 Å². The van der Waals surface area contributed by atoms with Crippen LogP contribution in [0.3, 0.4) is 0 Å². The van der Waals surface area contributed by atoms with Crippen LogP contribution in [0.5, 0.6) is 0 Å². The Labute approximate surface area is 131 Å². The van der Waals surface area contributed by atoms with Gasteiger partial charge >= 0.3 is 0 Å². The number of benzene rings is 1. The van der Waals surface area contributed by atoms with Gasteiger partial charge in [0.15, 0.2) is 0 Å². The third kappa shape index (κ3) is 3.12. The SMILES string of the molecule is Cc1cc(C(=O)NCC2(N)CCCCC2)c2ccccc2n1. The molecule has 3 N–H and O–H groups in total. The molecule has 22 heavy (non-hydrogen) atoms. The van der Waals surface area contributed by atoms with Crippen molar-refractivity contribution in [2.75, 3.05) is 6.54 Å².